The van der Waals surface area contributed by atoms with Crippen molar-refractivity contribution in [1.29, 1.82) is 0 Å². The van der Waals surface area contributed by atoms with Crippen molar-refractivity contribution >= 4 is 29.5 Å². The van der Waals surface area contributed by atoms with Gasteiger partial charge in [-0.3, -0.25) is 4.99 Å². The highest BCUT2D eigenvalue weighted by Crippen LogP contribution is 2.14. The number of aliphatic hydroxyl groups excluding tert-OH is 1. The van der Waals surface area contributed by atoms with Crippen molar-refractivity contribution in [1.82, 2.24) is 4.98 Å². The molecule has 0 spiro atoms. The Morgan fingerprint density at radius 2 is 2.22 bits per heavy atom. The van der Waals surface area contributed by atoms with Gasteiger partial charge in [-0.05, 0) is 18.6 Å². The topological polar surface area (TPSA) is 82.8 Å². The van der Waals surface area contributed by atoms with Crippen LogP contribution >= 0.6 is 11.6 Å². The molecule has 0 aromatic carbocycles. The van der Waals surface area contributed by atoms with Gasteiger partial charge < -0.3 is 10.2 Å². The van der Waals surface area contributed by atoms with E-state index in [1.54, 1.807) is 12.1 Å². The van der Waals surface area contributed by atoms with E-state index in [1.807, 2.05) is 6.92 Å². The third kappa shape index (κ3) is 4.18. The van der Waals surface area contributed by atoms with Crippen molar-refractivity contribution in [2.24, 2.45) is 4.99 Å². The highest BCUT2D eigenvalue weighted by atomic mass is 35.5. The molecule has 2 N–H and O–H groups in total. The zero-order valence-electron chi connectivity index (χ0n) is 9.80. The molecule has 0 atom stereocenters. The van der Waals surface area contributed by atoms with Crippen LogP contribution in [0.1, 0.15) is 19.8 Å². The molecule has 0 aliphatic rings. The number of aliphatic imine (C=N–C) groups is 1. The van der Waals surface area contributed by atoms with Gasteiger partial charge in [0.25, 0.3) is 0 Å². The summed E-state index contributed by atoms with van der Waals surface area (Å²) in [5.74, 6) is -1.40. The molecule has 18 heavy (non-hydrogen) atoms. The number of allylic oxidation sites excluding steroid dienone is 1. The second kappa shape index (κ2) is 6.76. The Morgan fingerprint density at radius 3 is 2.72 bits per heavy atom. The van der Waals surface area contributed by atoms with Crippen molar-refractivity contribution in [3.63, 3.8) is 0 Å². The standard InChI is InChI=1S/C12H13ClN2O3/c1-2-3-10(16)9(12(17)18)7-14-8-4-5-11(13)15-6-8/h4-7,16H,2-3H2,1H3,(H,17,18). The van der Waals surface area contributed by atoms with Crippen LogP contribution in [0.3, 0.4) is 0 Å². The number of aromatic nitrogens is 1. The van der Waals surface area contributed by atoms with E-state index in [1.165, 1.54) is 6.20 Å². The lowest BCUT2D eigenvalue weighted by molar-refractivity contribution is -0.132. The van der Waals surface area contributed by atoms with E-state index >= 15 is 0 Å². The molecule has 0 unspecified atom stereocenters. The number of aliphatic hydroxyl groups is 1. The summed E-state index contributed by atoms with van der Waals surface area (Å²) in [6, 6.07) is 3.15. The van der Waals surface area contributed by atoms with Crippen molar-refractivity contribution in [2.75, 3.05) is 0 Å². The van der Waals surface area contributed by atoms with E-state index in [4.69, 9.17) is 16.7 Å². The van der Waals surface area contributed by atoms with Gasteiger partial charge in [-0.15, -0.1) is 0 Å². The third-order valence-electron chi connectivity index (χ3n) is 2.08. The SMILES string of the molecule is CCCC(O)=C(C=Nc1ccc(Cl)nc1)C(=O)O. The van der Waals surface area contributed by atoms with Crippen LogP contribution in [0.4, 0.5) is 5.69 Å². The minimum absolute atomic E-state index is 0.185. The Bertz CT molecular complexity index is 481. The lowest BCUT2D eigenvalue weighted by atomic mass is 10.2. The van der Waals surface area contributed by atoms with Gasteiger partial charge >= 0.3 is 5.97 Å². The van der Waals surface area contributed by atoms with Gasteiger partial charge in [0.2, 0.25) is 0 Å². The normalized spacial score (nSPS) is 12.6. The average molecular weight is 269 g/mol. The number of pyridine rings is 1. The minimum atomic E-state index is -1.22. The first-order valence-corrected chi connectivity index (χ1v) is 5.73. The van der Waals surface area contributed by atoms with E-state index < -0.39 is 5.97 Å². The van der Waals surface area contributed by atoms with Gasteiger partial charge in [-0.1, -0.05) is 18.5 Å². The quantitative estimate of drug-likeness (QED) is 0.372. The zero-order chi connectivity index (χ0) is 13.5. The zero-order valence-corrected chi connectivity index (χ0v) is 10.6. The van der Waals surface area contributed by atoms with Gasteiger partial charge in [-0.25, -0.2) is 9.78 Å². The molecule has 96 valence electrons. The van der Waals surface area contributed by atoms with Crippen LogP contribution in [0.25, 0.3) is 0 Å². The fourth-order valence-corrected chi connectivity index (χ4v) is 1.32. The first-order valence-electron chi connectivity index (χ1n) is 5.35. The minimum Gasteiger partial charge on any atom is -0.511 e. The molecule has 0 radical (unpaired) electrons. The van der Waals surface area contributed by atoms with Gasteiger partial charge in [0.1, 0.15) is 16.5 Å². The molecular formula is C12H13ClN2O3. The van der Waals surface area contributed by atoms with Crippen LogP contribution in [0.2, 0.25) is 5.15 Å². The number of hydrogen-bond donors (Lipinski definition) is 2. The molecule has 0 fully saturated rings. The fraction of sp³-hybridized carbons (Fsp3) is 0.250. The second-order valence-electron chi connectivity index (χ2n) is 3.51. The number of halogens is 1. The van der Waals surface area contributed by atoms with Crippen LogP contribution in [-0.2, 0) is 4.79 Å². The van der Waals surface area contributed by atoms with Gasteiger partial charge in [0.05, 0.1) is 11.9 Å². The molecule has 0 aliphatic heterocycles. The summed E-state index contributed by atoms with van der Waals surface area (Å²) in [7, 11) is 0. The maximum atomic E-state index is 10.9. The van der Waals surface area contributed by atoms with E-state index in [0.717, 1.165) is 6.21 Å². The number of carboxylic acids is 1. The molecule has 6 heteroatoms. The predicted molar refractivity (Wildman–Crippen MR) is 69.6 cm³/mol. The first-order chi connectivity index (χ1) is 8.54. The van der Waals surface area contributed by atoms with E-state index in [0.29, 0.717) is 23.7 Å². The Kier molecular flexibility index (Phi) is 5.32. The van der Waals surface area contributed by atoms with Crippen LogP contribution < -0.4 is 0 Å². The molecular weight excluding hydrogens is 256 g/mol. The van der Waals surface area contributed by atoms with Gasteiger partial charge in [-0.2, -0.15) is 0 Å². The van der Waals surface area contributed by atoms with Crippen LogP contribution in [0.5, 0.6) is 0 Å². The Labute approximate surface area is 109 Å². The molecule has 0 bridgehead atoms. The second-order valence-corrected chi connectivity index (χ2v) is 3.90. The summed E-state index contributed by atoms with van der Waals surface area (Å²) in [4.78, 5) is 18.7. The number of carboxylic acid groups (broad SMARTS) is 1. The lowest BCUT2D eigenvalue weighted by Gasteiger charge is -2.00. The lowest BCUT2D eigenvalue weighted by Crippen LogP contribution is -2.06. The Hall–Kier alpha value is -1.88. The fourth-order valence-electron chi connectivity index (χ4n) is 1.21. The summed E-state index contributed by atoms with van der Waals surface area (Å²) in [6.45, 7) is 1.84. The molecule has 5 nitrogen and oxygen atoms in total. The monoisotopic (exact) mass is 268 g/mol. The highest BCUT2D eigenvalue weighted by Gasteiger charge is 2.10. The van der Waals surface area contributed by atoms with Crippen molar-refractivity contribution in [2.45, 2.75) is 19.8 Å². The smallest absolute Gasteiger partial charge is 0.340 e. The summed E-state index contributed by atoms with van der Waals surface area (Å²) in [6.07, 6.45) is 3.47. The van der Waals surface area contributed by atoms with E-state index in [2.05, 4.69) is 9.98 Å². The van der Waals surface area contributed by atoms with Crippen LogP contribution in [0.15, 0.2) is 34.7 Å². The summed E-state index contributed by atoms with van der Waals surface area (Å²) in [5.41, 5.74) is 0.245. The molecule has 0 amide bonds. The molecule has 1 rings (SSSR count). The van der Waals surface area contributed by atoms with Crippen LogP contribution in [0, 0.1) is 0 Å². The summed E-state index contributed by atoms with van der Waals surface area (Å²) in [5, 5.41) is 18.8. The van der Waals surface area contributed by atoms with Crippen molar-refractivity contribution in [3.8, 4) is 0 Å². The van der Waals surface area contributed by atoms with Crippen molar-refractivity contribution in [3.05, 3.63) is 34.8 Å². The molecule has 0 saturated heterocycles. The van der Waals surface area contributed by atoms with Gasteiger partial charge in [0.15, 0.2) is 0 Å². The molecule has 0 saturated carbocycles. The first kappa shape index (κ1) is 14.2. The highest BCUT2D eigenvalue weighted by molar-refractivity contribution is 6.29. The maximum Gasteiger partial charge on any atom is 0.340 e. The Balaban J connectivity index is 2.94. The number of rotatable bonds is 5. The Morgan fingerprint density at radius 1 is 1.50 bits per heavy atom. The predicted octanol–water partition coefficient (Wildman–Crippen LogP) is 3.13. The average Bonchev–Trinajstić information content (AvgIpc) is 2.31. The van der Waals surface area contributed by atoms with E-state index in [-0.39, 0.29) is 11.3 Å². The third-order valence-corrected chi connectivity index (χ3v) is 2.31. The summed E-state index contributed by atoms with van der Waals surface area (Å²) >= 11 is 5.61. The maximum absolute atomic E-state index is 10.9. The van der Waals surface area contributed by atoms with Crippen molar-refractivity contribution < 1.29 is 15.0 Å². The number of aliphatic carboxylic acids is 1. The number of nitrogens with zero attached hydrogens (tertiary/aromatic N) is 2. The van der Waals surface area contributed by atoms with Crippen LogP contribution in [-0.4, -0.2) is 27.4 Å². The van der Waals surface area contributed by atoms with Gasteiger partial charge in [0, 0.05) is 12.6 Å². The molecule has 0 aliphatic carbocycles. The summed E-state index contributed by atoms with van der Waals surface area (Å²) < 4.78 is 0. The molecule has 1 aromatic rings. The van der Waals surface area contributed by atoms with E-state index in [9.17, 15) is 9.90 Å². The largest absolute Gasteiger partial charge is 0.511 e. The molecule has 1 aromatic heterocycles. The number of carbonyl (C=O) groups is 1. The molecule has 1 heterocycles. The number of hydrogen-bond acceptors (Lipinski definition) is 4.